The normalized spacial score (nSPS) is 19.2. The van der Waals surface area contributed by atoms with Gasteiger partial charge in [-0.15, -0.1) is 0 Å². The highest BCUT2D eigenvalue weighted by molar-refractivity contribution is 7.89. The van der Waals surface area contributed by atoms with Crippen molar-refractivity contribution in [2.75, 3.05) is 6.54 Å². The molecule has 2 aromatic rings. The third-order valence-corrected chi connectivity index (χ3v) is 6.53. The minimum absolute atomic E-state index is 0.260. The van der Waals surface area contributed by atoms with Crippen molar-refractivity contribution in [3.05, 3.63) is 47.3 Å². The number of benzene rings is 1. The van der Waals surface area contributed by atoms with Gasteiger partial charge in [0.05, 0.1) is 16.6 Å². The molecule has 1 aromatic heterocycles. The molecule has 0 radical (unpaired) electrons. The van der Waals surface area contributed by atoms with Crippen molar-refractivity contribution in [1.29, 1.82) is 0 Å². The molecule has 1 unspecified atom stereocenters. The van der Waals surface area contributed by atoms with Crippen LogP contribution >= 0.6 is 0 Å². The van der Waals surface area contributed by atoms with E-state index in [1.54, 1.807) is 16.4 Å². The second-order valence-electron chi connectivity index (χ2n) is 6.58. The van der Waals surface area contributed by atoms with Gasteiger partial charge < -0.3 is 4.52 Å². The van der Waals surface area contributed by atoms with Gasteiger partial charge >= 0.3 is 0 Å². The van der Waals surface area contributed by atoms with Crippen molar-refractivity contribution < 1.29 is 12.9 Å². The molecular formula is C18H24N2O3S. The van der Waals surface area contributed by atoms with Gasteiger partial charge in [0.2, 0.25) is 10.0 Å². The first-order valence-electron chi connectivity index (χ1n) is 8.50. The Morgan fingerprint density at radius 1 is 1.29 bits per heavy atom. The van der Waals surface area contributed by atoms with Gasteiger partial charge in [-0.05, 0) is 42.9 Å². The first-order valence-corrected chi connectivity index (χ1v) is 9.94. The van der Waals surface area contributed by atoms with E-state index in [2.05, 4.69) is 12.1 Å². The Bertz CT molecular complexity index is 794. The number of sulfonamides is 1. The zero-order valence-corrected chi connectivity index (χ0v) is 15.2. The predicted octanol–water partition coefficient (Wildman–Crippen LogP) is 3.89. The van der Waals surface area contributed by atoms with Gasteiger partial charge in [0.1, 0.15) is 0 Å². The third kappa shape index (κ3) is 3.13. The number of aryl methyl sites for hydroxylation is 1. The Morgan fingerprint density at radius 3 is 2.58 bits per heavy atom. The van der Waals surface area contributed by atoms with Crippen LogP contribution in [0.1, 0.15) is 62.6 Å². The van der Waals surface area contributed by atoms with E-state index in [1.165, 1.54) is 0 Å². The van der Waals surface area contributed by atoms with Gasteiger partial charge in [0, 0.05) is 12.6 Å². The van der Waals surface area contributed by atoms with Gasteiger partial charge in [-0.2, -0.15) is 4.31 Å². The van der Waals surface area contributed by atoms with E-state index in [4.69, 9.17) is 4.52 Å². The maximum Gasteiger partial charge on any atom is 0.243 e. The highest BCUT2D eigenvalue weighted by atomic mass is 32.2. The van der Waals surface area contributed by atoms with Crippen LogP contribution in [0.2, 0.25) is 0 Å². The van der Waals surface area contributed by atoms with Crippen LogP contribution < -0.4 is 0 Å². The largest absolute Gasteiger partial charge is 0.359 e. The first-order chi connectivity index (χ1) is 11.4. The van der Waals surface area contributed by atoms with Crippen molar-refractivity contribution in [2.24, 2.45) is 0 Å². The van der Waals surface area contributed by atoms with Gasteiger partial charge in [-0.25, -0.2) is 8.42 Å². The van der Waals surface area contributed by atoms with Crippen molar-refractivity contribution >= 4 is 10.0 Å². The van der Waals surface area contributed by atoms with E-state index in [9.17, 15) is 8.42 Å². The molecular weight excluding hydrogens is 324 g/mol. The molecule has 130 valence electrons. The minimum atomic E-state index is -3.53. The summed E-state index contributed by atoms with van der Waals surface area (Å²) in [5.41, 5.74) is 1.99. The molecule has 0 spiro atoms. The van der Waals surface area contributed by atoms with Gasteiger partial charge in [0.25, 0.3) is 0 Å². The Hall–Kier alpha value is -1.66. The number of hydrogen-bond donors (Lipinski definition) is 0. The topological polar surface area (TPSA) is 63.4 Å². The molecule has 1 aliphatic heterocycles. The summed E-state index contributed by atoms with van der Waals surface area (Å²) in [7, 11) is -3.53. The Kier molecular flexibility index (Phi) is 4.78. The van der Waals surface area contributed by atoms with Gasteiger partial charge in [0.15, 0.2) is 5.76 Å². The second-order valence-corrected chi connectivity index (χ2v) is 8.47. The molecule has 3 rings (SSSR count). The van der Waals surface area contributed by atoms with Gasteiger partial charge in [-0.3, -0.25) is 0 Å². The molecule has 6 heteroatoms. The number of aromatic nitrogens is 1. The number of nitrogens with zero attached hydrogens (tertiary/aromatic N) is 2. The average molecular weight is 348 g/mol. The Balaban J connectivity index is 1.90. The molecule has 24 heavy (non-hydrogen) atoms. The SMILES string of the molecule is CCc1ccc(S(=O)(=O)N2CCCC2c2cc(C(C)C)no2)cc1. The fourth-order valence-corrected chi connectivity index (χ4v) is 4.74. The summed E-state index contributed by atoms with van der Waals surface area (Å²) in [6.07, 6.45) is 2.48. The summed E-state index contributed by atoms with van der Waals surface area (Å²) in [6.45, 7) is 6.65. The summed E-state index contributed by atoms with van der Waals surface area (Å²) in [6, 6.07) is 8.78. The lowest BCUT2D eigenvalue weighted by Crippen LogP contribution is -2.30. The molecule has 0 N–H and O–H groups in total. The molecule has 2 heterocycles. The van der Waals surface area contributed by atoms with Crippen LogP contribution in [0.3, 0.4) is 0 Å². The van der Waals surface area contributed by atoms with E-state index < -0.39 is 10.0 Å². The fourth-order valence-electron chi connectivity index (χ4n) is 3.08. The van der Waals surface area contributed by atoms with E-state index in [0.29, 0.717) is 17.2 Å². The molecule has 0 amide bonds. The monoisotopic (exact) mass is 348 g/mol. The molecule has 0 saturated carbocycles. The molecule has 1 aliphatic rings. The minimum Gasteiger partial charge on any atom is -0.359 e. The third-order valence-electron chi connectivity index (χ3n) is 4.61. The van der Waals surface area contributed by atoms with Crippen LogP contribution in [0.5, 0.6) is 0 Å². The van der Waals surface area contributed by atoms with Crippen molar-refractivity contribution in [3.8, 4) is 0 Å². The van der Waals surface area contributed by atoms with E-state index in [-0.39, 0.29) is 12.0 Å². The van der Waals surface area contributed by atoms with Crippen molar-refractivity contribution in [2.45, 2.75) is 56.9 Å². The lowest BCUT2D eigenvalue weighted by Gasteiger charge is -2.22. The lowest BCUT2D eigenvalue weighted by atomic mass is 10.1. The smallest absolute Gasteiger partial charge is 0.243 e. The molecule has 1 aromatic carbocycles. The molecule has 1 fully saturated rings. The zero-order valence-electron chi connectivity index (χ0n) is 14.4. The van der Waals surface area contributed by atoms with Crippen LogP contribution in [0, 0.1) is 0 Å². The number of hydrogen-bond acceptors (Lipinski definition) is 4. The summed E-state index contributed by atoms with van der Waals surface area (Å²) >= 11 is 0. The van der Waals surface area contributed by atoms with Crippen LogP contribution in [0.4, 0.5) is 0 Å². The first kappa shape index (κ1) is 17.2. The molecule has 5 nitrogen and oxygen atoms in total. The highest BCUT2D eigenvalue weighted by Gasteiger charge is 2.38. The fraction of sp³-hybridized carbons (Fsp3) is 0.500. The Morgan fingerprint density at radius 2 is 2.00 bits per heavy atom. The Labute approximate surface area is 143 Å². The van der Waals surface area contributed by atoms with Crippen molar-refractivity contribution in [1.82, 2.24) is 9.46 Å². The standard InChI is InChI=1S/C18H24N2O3S/c1-4-14-7-9-15(10-8-14)24(21,22)20-11-5-6-17(20)18-12-16(13(2)3)19-23-18/h7-10,12-13,17H,4-6,11H2,1-3H3. The van der Waals surface area contributed by atoms with Crippen LogP contribution in [0.15, 0.2) is 39.8 Å². The molecule has 1 atom stereocenters. The summed E-state index contributed by atoms with van der Waals surface area (Å²) in [5, 5.41) is 4.08. The van der Waals surface area contributed by atoms with Crippen molar-refractivity contribution in [3.63, 3.8) is 0 Å². The summed E-state index contributed by atoms with van der Waals surface area (Å²) in [4.78, 5) is 0.343. The van der Waals surface area contributed by atoms with Gasteiger partial charge in [-0.1, -0.05) is 38.1 Å². The molecule has 0 bridgehead atoms. The maximum atomic E-state index is 13.0. The maximum absolute atomic E-state index is 13.0. The van der Waals surface area contributed by atoms with E-state index in [1.807, 2.05) is 32.0 Å². The number of rotatable bonds is 5. The second kappa shape index (κ2) is 6.69. The zero-order chi connectivity index (χ0) is 17.3. The van der Waals surface area contributed by atoms with E-state index in [0.717, 1.165) is 30.5 Å². The molecule has 0 aliphatic carbocycles. The van der Waals surface area contributed by atoms with Crippen LogP contribution in [0.25, 0.3) is 0 Å². The van der Waals surface area contributed by atoms with Crippen LogP contribution in [-0.4, -0.2) is 24.4 Å². The summed E-state index contributed by atoms with van der Waals surface area (Å²) in [5.74, 6) is 0.903. The highest BCUT2D eigenvalue weighted by Crippen LogP contribution is 2.37. The van der Waals surface area contributed by atoms with Crippen LogP contribution in [-0.2, 0) is 16.4 Å². The molecule has 1 saturated heterocycles. The van der Waals surface area contributed by atoms with E-state index >= 15 is 0 Å². The summed E-state index contributed by atoms with van der Waals surface area (Å²) < 4.78 is 33.1. The predicted molar refractivity (Wildman–Crippen MR) is 92.3 cm³/mol. The lowest BCUT2D eigenvalue weighted by molar-refractivity contribution is 0.295. The average Bonchev–Trinajstić information content (AvgIpc) is 3.23. The quantitative estimate of drug-likeness (QED) is 0.822.